The number of amides is 1. The lowest BCUT2D eigenvalue weighted by Crippen LogP contribution is -2.44. The van der Waals surface area contributed by atoms with Crippen molar-refractivity contribution in [2.75, 3.05) is 22.6 Å². The summed E-state index contributed by atoms with van der Waals surface area (Å²) in [6.07, 6.45) is 6.23. The molecule has 2 N–H and O–H groups in total. The summed E-state index contributed by atoms with van der Waals surface area (Å²) in [5.41, 5.74) is 1.40. The molecule has 1 saturated carbocycles. The fraction of sp³-hybridized carbons (Fsp3) is 0.381. The molecule has 0 saturated heterocycles. The van der Waals surface area contributed by atoms with E-state index >= 15 is 0 Å². The summed E-state index contributed by atoms with van der Waals surface area (Å²) >= 11 is 1.81. The third-order valence-electron chi connectivity index (χ3n) is 5.44. The molecule has 6 nitrogen and oxygen atoms in total. The summed E-state index contributed by atoms with van der Waals surface area (Å²) in [5, 5.41) is 6.61. The van der Waals surface area contributed by atoms with Crippen molar-refractivity contribution in [2.45, 2.75) is 42.9 Å². The van der Waals surface area contributed by atoms with E-state index in [0.29, 0.717) is 22.8 Å². The second kappa shape index (κ2) is 8.02. The third kappa shape index (κ3) is 4.22. The fourth-order valence-corrected chi connectivity index (χ4v) is 4.80. The highest BCUT2D eigenvalue weighted by atomic mass is 32.2. The van der Waals surface area contributed by atoms with Crippen LogP contribution in [0.25, 0.3) is 0 Å². The first-order chi connectivity index (χ1) is 13.9. The van der Waals surface area contributed by atoms with Gasteiger partial charge in [0.05, 0.1) is 5.69 Å². The van der Waals surface area contributed by atoms with E-state index < -0.39 is 0 Å². The van der Waals surface area contributed by atoms with Gasteiger partial charge in [-0.2, -0.15) is 4.98 Å². The molecule has 4 rings (SSSR count). The molecular formula is C21H24FN5OS. The van der Waals surface area contributed by atoms with Crippen LogP contribution in [-0.4, -0.2) is 34.2 Å². The first-order valence-corrected chi connectivity index (χ1v) is 10.6. The van der Waals surface area contributed by atoms with Crippen LogP contribution in [0.1, 0.15) is 25.5 Å². The molecule has 0 unspecified atom stereocenters. The molecule has 1 atom stereocenters. The van der Waals surface area contributed by atoms with Crippen LogP contribution in [0.2, 0.25) is 0 Å². The maximum Gasteiger partial charge on any atom is 0.246 e. The Morgan fingerprint density at radius 3 is 2.72 bits per heavy atom. The van der Waals surface area contributed by atoms with Crippen molar-refractivity contribution in [1.82, 2.24) is 9.97 Å². The van der Waals surface area contributed by atoms with E-state index in [1.165, 1.54) is 12.1 Å². The van der Waals surface area contributed by atoms with E-state index in [9.17, 15) is 9.18 Å². The topological polar surface area (TPSA) is 70.1 Å². The Hall–Kier alpha value is -2.61. The number of nitrogens with one attached hydrogen (secondary N) is 2. The monoisotopic (exact) mass is 413 g/mol. The van der Waals surface area contributed by atoms with Gasteiger partial charge in [0.1, 0.15) is 17.5 Å². The summed E-state index contributed by atoms with van der Waals surface area (Å²) in [5.74, 6) is 1.51. The number of likely N-dealkylation sites (N-methyl/N-ethyl adjacent to an activating group) is 1. The van der Waals surface area contributed by atoms with Gasteiger partial charge in [-0.3, -0.25) is 4.79 Å². The lowest BCUT2D eigenvalue weighted by Gasteiger charge is -2.33. The number of anilines is 3. The Bertz CT molecular complexity index is 943. The number of benzene rings is 1. The fourth-order valence-electron chi connectivity index (χ4n) is 3.43. The minimum Gasteiger partial charge on any atom is -0.346 e. The molecule has 1 aromatic carbocycles. The van der Waals surface area contributed by atoms with Gasteiger partial charge < -0.3 is 15.5 Å². The average molecular weight is 414 g/mol. The van der Waals surface area contributed by atoms with Crippen LogP contribution in [0.4, 0.5) is 21.8 Å². The maximum atomic E-state index is 13.0. The normalized spacial score (nSPS) is 23.5. The van der Waals surface area contributed by atoms with Crippen molar-refractivity contribution in [3.63, 3.8) is 0 Å². The number of hydrogen-bond donors (Lipinski definition) is 2. The predicted octanol–water partition coefficient (Wildman–Crippen LogP) is 4.20. The number of thioether (sulfide) groups is 1. The summed E-state index contributed by atoms with van der Waals surface area (Å²) in [4.78, 5) is 24.0. The number of nitrogens with zero attached hydrogens (tertiary/aromatic N) is 3. The van der Waals surface area contributed by atoms with Crippen LogP contribution in [0.3, 0.4) is 0 Å². The van der Waals surface area contributed by atoms with E-state index in [-0.39, 0.29) is 17.8 Å². The zero-order valence-electron chi connectivity index (χ0n) is 16.6. The number of carbonyl (C=O) groups excluding carboxylic acids is 1. The first-order valence-electron chi connectivity index (χ1n) is 9.68. The summed E-state index contributed by atoms with van der Waals surface area (Å²) < 4.78 is 13.0. The van der Waals surface area contributed by atoms with Crippen LogP contribution in [0.15, 0.2) is 41.4 Å². The van der Waals surface area contributed by atoms with Crippen LogP contribution >= 0.6 is 11.8 Å². The first kappa shape index (κ1) is 19.7. The van der Waals surface area contributed by atoms with Crippen molar-refractivity contribution >= 4 is 35.1 Å². The smallest absolute Gasteiger partial charge is 0.246 e. The SMILES string of the molecule is Cc1nc(NC=C[C@H]2C[C@H](Sc3ccc(F)cc3)C2)nc2c1NC(=O)[C@H](C)N2C. The summed E-state index contributed by atoms with van der Waals surface area (Å²) in [6.45, 7) is 3.71. The second-order valence-electron chi connectivity index (χ2n) is 7.54. The number of aromatic nitrogens is 2. The number of fused-ring (bicyclic) bond motifs is 1. The van der Waals surface area contributed by atoms with Crippen molar-refractivity contribution < 1.29 is 9.18 Å². The Morgan fingerprint density at radius 1 is 1.28 bits per heavy atom. The zero-order valence-corrected chi connectivity index (χ0v) is 17.5. The van der Waals surface area contributed by atoms with E-state index in [0.717, 1.165) is 29.2 Å². The van der Waals surface area contributed by atoms with Gasteiger partial charge in [0, 0.05) is 23.4 Å². The maximum absolute atomic E-state index is 13.0. The molecule has 1 amide bonds. The van der Waals surface area contributed by atoms with Gasteiger partial charge in [-0.15, -0.1) is 11.8 Å². The Balaban J connectivity index is 1.32. The molecular weight excluding hydrogens is 389 g/mol. The highest BCUT2D eigenvalue weighted by Crippen LogP contribution is 2.41. The minimum atomic E-state index is -0.272. The number of halogens is 1. The van der Waals surface area contributed by atoms with Gasteiger partial charge in [-0.1, -0.05) is 6.08 Å². The largest absolute Gasteiger partial charge is 0.346 e. The van der Waals surface area contributed by atoms with Gasteiger partial charge in [0.25, 0.3) is 0 Å². The Kier molecular flexibility index (Phi) is 5.45. The highest BCUT2D eigenvalue weighted by molar-refractivity contribution is 8.00. The van der Waals surface area contributed by atoms with E-state index in [4.69, 9.17) is 0 Å². The van der Waals surface area contributed by atoms with Crippen LogP contribution in [-0.2, 0) is 4.79 Å². The van der Waals surface area contributed by atoms with Gasteiger partial charge in [0.2, 0.25) is 11.9 Å². The summed E-state index contributed by atoms with van der Waals surface area (Å²) in [6, 6.07) is 6.41. The predicted molar refractivity (Wildman–Crippen MR) is 115 cm³/mol. The third-order valence-corrected chi connectivity index (χ3v) is 6.70. The quantitative estimate of drug-likeness (QED) is 0.766. The molecule has 1 aromatic heterocycles. The number of hydrogen-bond acceptors (Lipinski definition) is 6. The van der Waals surface area contributed by atoms with Gasteiger partial charge >= 0.3 is 0 Å². The van der Waals surface area contributed by atoms with Crippen molar-refractivity contribution in [3.05, 3.63) is 48.1 Å². The van der Waals surface area contributed by atoms with Crippen molar-refractivity contribution in [1.29, 1.82) is 0 Å². The molecule has 29 heavy (non-hydrogen) atoms. The van der Waals surface area contributed by atoms with Gasteiger partial charge in [-0.25, -0.2) is 9.37 Å². The molecule has 2 heterocycles. The molecule has 0 radical (unpaired) electrons. The Labute approximate surface area is 174 Å². The number of rotatable bonds is 5. The van der Waals surface area contributed by atoms with Crippen LogP contribution in [0.5, 0.6) is 0 Å². The molecule has 1 fully saturated rings. The molecule has 1 aliphatic heterocycles. The zero-order chi connectivity index (χ0) is 20.5. The molecule has 2 aliphatic rings. The van der Waals surface area contributed by atoms with Gasteiger partial charge in [-0.05, 0) is 56.9 Å². The van der Waals surface area contributed by atoms with Gasteiger partial charge in [0.15, 0.2) is 5.82 Å². The molecule has 0 bridgehead atoms. The van der Waals surface area contributed by atoms with Crippen LogP contribution in [0, 0.1) is 18.7 Å². The molecule has 2 aromatic rings. The lowest BCUT2D eigenvalue weighted by atomic mass is 9.85. The molecule has 0 spiro atoms. The Morgan fingerprint density at radius 2 is 2.00 bits per heavy atom. The van der Waals surface area contributed by atoms with E-state index in [2.05, 4.69) is 26.7 Å². The van der Waals surface area contributed by atoms with E-state index in [1.54, 1.807) is 11.8 Å². The summed E-state index contributed by atoms with van der Waals surface area (Å²) in [7, 11) is 1.86. The number of carbonyl (C=O) groups is 1. The second-order valence-corrected chi connectivity index (χ2v) is 8.91. The number of aryl methyl sites for hydroxylation is 1. The molecule has 8 heteroatoms. The van der Waals surface area contributed by atoms with Crippen molar-refractivity contribution in [3.8, 4) is 0 Å². The number of allylic oxidation sites excluding steroid dienone is 1. The standard InChI is InChI=1S/C21H24FN5OS/c1-12-18-19(27(3)13(2)20(28)25-18)26-21(24-12)23-9-8-14-10-17(11-14)29-16-6-4-15(22)5-7-16/h4-9,13-14,17H,10-11H2,1-3H3,(H,25,28)(H,23,24,26)/t13-,14-,17-/m0/s1. The molecule has 152 valence electrons. The highest BCUT2D eigenvalue weighted by Gasteiger charge is 2.30. The molecule has 1 aliphatic carbocycles. The van der Waals surface area contributed by atoms with Crippen molar-refractivity contribution in [2.24, 2.45) is 5.92 Å². The lowest BCUT2D eigenvalue weighted by molar-refractivity contribution is -0.117. The van der Waals surface area contributed by atoms with Crippen LogP contribution < -0.4 is 15.5 Å². The average Bonchev–Trinajstić information content (AvgIpc) is 2.66. The minimum absolute atomic E-state index is 0.0506. The van der Waals surface area contributed by atoms with E-state index in [1.807, 2.05) is 44.1 Å².